The molecule has 0 N–H and O–H groups in total. The Bertz CT molecular complexity index is 1040. The summed E-state index contributed by atoms with van der Waals surface area (Å²) in [5, 5.41) is 10.5. The van der Waals surface area contributed by atoms with Crippen LogP contribution < -0.4 is 0 Å². The van der Waals surface area contributed by atoms with Crippen LogP contribution in [0.5, 0.6) is 0 Å². The molecule has 0 aliphatic carbocycles. The van der Waals surface area contributed by atoms with Gasteiger partial charge in [-0.1, -0.05) is 36.0 Å². The number of rotatable bonds is 6. The molecule has 136 valence electrons. The SMILES string of the molecule is CSc1ncc(C(=O)OCc2nnc(-c3cccs3)o2)n1-c1ccccc1. The minimum absolute atomic E-state index is 0.105. The minimum Gasteiger partial charge on any atom is -0.451 e. The summed E-state index contributed by atoms with van der Waals surface area (Å²) in [5.74, 6) is 0.139. The Hall–Kier alpha value is -2.91. The van der Waals surface area contributed by atoms with Crippen molar-refractivity contribution in [1.82, 2.24) is 19.7 Å². The van der Waals surface area contributed by atoms with Crippen molar-refractivity contribution < 1.29 is 13.9 Å². The van der Waals surface area contributed by atoms with Gasteiger partial charge in [-0.2, -0.15) is 0 Å². The van der Waals surface area contributed by atoms with Gasteiger partial charge in [-0.3, -0.25) is 4.57 Å². The molecule has 3 heterocycles. The zero-order valence-corrected chi connectivity index (χ0v) is 15.9. The second-order valence-corrected chi connectivity index (χ2v) is 7.08. The average molecular weight is 398 g/mol. The van der Waals surface area contributed by atoms with Gasteiger partial charge in [0.2, 0.25) is 0 Å². The van der Waals surface area contributed by atoms with Crippen molar-refractivity contribution in [2.24, 2.45) is 0 Å². The first-order valence-electron chi connectivity index (χ1n) is 7.97. The number of ether oxygens (including phenoxy) is 1. The molecule has 1 aromatic carbocycles. The number of imidazole rings is 1. The zero-order valence-electron chi connectivity index (χ0n) is 14.2. The van der Waals surface area contributed by atoms with Crippen LogP contribution in [0.4, 0.5) is 0 Å². The summed E-state index contributed by atoms with van der Waals surface area (Å²) in [5.41, 5.74) is 1.17. The van der Waals surface area contributed by atoms with E-state index in [4.69, 9.17) is 9.15 Å². The molecule has 0 atom stereocenters. The first-order chi connectivity index (χ1) is 13.3. The molecule has 0 radical (unpaired) electrons. The molecule has 0 spiro atoms. The van der Waals surface area contributed by atoms with E-state index >= 15 is 0 Å². The topological polar surface area (TPSA) is 83.0 Å². The summed E-state index contributed by atoms with van der Waals surface area (Å²) in [6.07, 6.45) is 3.41. The minimum atomic E-state index is -0.512. The third kappa shape index (κ3) is 3.64. The quantitative estimate of drug-likeness (QED) is 0.358. The highest BCUT2D eigenvalue weighted by Gasteiger charge is 2.20. The highest BCUT2D eigenvalue weighted by atomic mass is 32.2. The number of hydrogen-bond acceptors (Lipinski definition) is 8. The Morgan fingerprint density at radius 1 is 1.22 bits per heavy atom. The Morgan fingerprint density at radius 2 is 2.07 bits per heavy atom. The van der Waals surface area contributed by atoms with E-state index in [0.29, 0.717) is 16.7 Å². The lowest BCUT2D eigenvalue weighted by Gasteiger charge is -2.10. The van der Waals surface area contributed by atoms with Gasteiger partial charge in [0.25, 0.3) is 11.8 Å². The molecule has 3 aromatic heterocycles. The second kappa shape index (κ2) is 7.77. The Labute approximate surface area is 163 Å². The van der Waals surface area contributed by atoms with Crippen molar-refractivity contribution >= 4 is 29.1 Å². The molecule has 0 saturated carbocycles. The first kappa shape index (κ1) is 17.5. The van der Waals surface area contributed by atoms with Crippen LogP contribution >= 0.6 is 23.1 Å². The number of para-hydroxylation sites is 1. The fraction of sp³-hybridized carbons (Fsp3) is 0.111. The Kier molecular flexibility index (Phi) is 5.03. The third-order valence-corrected chi connectivity index (χ3v) is 5.17. The van der Waals surface area contributed by atoms with Gasteiger partial charge in [0.05, 0.1) is 11.1 Å². The standard InChI is InChI=1S/C18H14N4O3S2/c1-26-18-19-10-13(22(18)12-6-3-2-4-7-12)17(23)24-11-15-20-21-16(25-15)14-8-5-9-27-14/h2-10H,11H2,1H3. The van der Waals surface area contributed by atoms with E-state index in [9.17, 15) is 4.79 Å². The summed E-state index contributed by atoms with van der Waals surface area (Å²) >= 11 is 2.95. The molecule has 0 aliphatic heterocycles. The Balaban J connectivity index is 1.52. The monoisotopic (exact) mass is 398 g/mol. The molecule has 27 heavy (non-hydrogen) atoms. The maximum absolute atomic E-state index is 12.6. The van der Waals surface area contributed by atoms with Gasteiger partial charge < -0.3 is 9.15 Å². The van der Waals surface area contributed by atoms with E-state index in [2.05, 4.69) is 15.2 Å². The molecule has 0 amide bonds. The number of hydrogen-bond donors (Lipinski definition) is 0. The van der Waals surface area contributed by atoms with E-state index in [1.165, 1.54) is 29.3 Å². The zero-order chi connectivity index (χ0) is 18.6. The number of benzene rings is 1. The van der Waals surface area contributed by atoms with E-state index in [0.717, 1.165) is 10.6 Å². The number of aromatic nitrogens is 4. The fourth-order valence-corrected chi connectivity index (χ4v) is 3.65. The van der Waals surface area contributed by atoms with Gasteiger partial charge in [0, 0.05) is 5.69 Å². The van der Waals surface area contributed by atoms with E-state index in [1.807, 2.05) is 54.1 Å². The molecule has 0 aliphatic rings. The summed E-state index contributed by atoms with van der Waals surface area (Å²) in [7, 11) is 0. The van der Waals surface area contributed by atoms with Crippen LogP contribution in [0.1, 0.15) is 16.4 Å². The molecule has 4 aromatic rings. The number of carbonyl (C=O) groups is 1. The number of nitrogens with zero attached hydrogens (tertiary/aromatic N) is 4. The lowest BCUT2D eigenvalue weighted by Crippen LogP contribution is -2.12. The van der Waals surface area contributed by atoms with Gasteiger partial charge in [-0.15, -0.1) is 21.5 Å². The number of thiophene rings is 1. The molecule has 0 unspecified atom stereocenters. The summed E-state index contributed by atoms with van der Waals surface area (Å²) in [6.45, 7) is -0.105. The van der Waals surface area contributed by atoms with Gasteiger partial charge in [-0.05, 0) is 29.8 Å². The predicted octanol–water partition coefficient (Wildman–Crippen LogP) is 4.06. The maximum atomic E-state index is 12.6. The molecule has 9 heteroatoms. The first-order valence-corrected chi connectivity index (χ1v) is 10.1. The largest absolute Gasteiger partial charge is 0.451 e. The van der Waals surface area contributed by atoms with Crippen LogP contribution in [-0.2, 0) is 11.3 Å². The highest BCUT2D eigenvalue weighted by molar-refractivity contribution is 7.98. The molecular formula is C18H14N4O3S2. The van der Waals surface area contributed by atoms with Crippen molar-refractivity contribution in [2.75, 3.05) is 6.26 Å². The summed E-state index contributed by atoms with van der Waals surface area (Å²) in [4.78, 5) is 17.8. The summed E-state index contributed by atoms with van der Waals surface area (Å²) < 4.78 is 12.7. The van der Waals surface area contributed by atoms with Crippen molar-refractivity contribution in [2.45, 2.75) is 11.8 Å². The summed E-state index contributed by atoms with van der Waals surface area (Å²) in [6, 6.07) is 13.3. The lowest BCUT2D eigenvalue weighted by atomic mass is 10.3. The van der Waals surface area contributed by atoms with Crippen LogP contribution in [-0.4, -0.2) is 32.0 Å². The maximum Gasteiger partial charge on any atom is 0.357 e. The number of esters is 1. The van der Waals surface area contributed by atoms with E-state index < -0.39 is 5.97 Å². The molecule has 0 saturated heterocycles. The highest BCUT2D eigenvalue weighted by Crippen LogP contribution is 2.24. The number of carbonyl (C=O) groups excluding carboxylic acids is 1. The number of thioether (sulfide) groups is 1. The van der Waals surface area contributed by atoms with Crippen LogP contribution in [0.25, 0.3) is 16.5 Å². The van der Waals surface area contributed by atoms with Crippen LogP contribution in [0, 0.1) is 0 Å². The fourth-order valence-electron chi connectivity index (χ4n) is 2.46. The molecule has 0 fully saturated rings. The van der Waals surface area contributed by atoms with Crippen molar-refractivity contribution in [3.8, 4) is 16.5 Å². The molecule has 4 rings (SSSR count). The van der Waals surface area contributed by atoms with Crippen LogP contribution in [0.2, 0.25) is 0 Å². The van der Waals surface area contributed by atoms with E-state index in [-0.39, 0.29) is 12.5 Å². The van der Waals surface area contributed by atoms with Gasteiger partial charge in [0.15, 0.2) is 17.5 Å². The van der Waals surface area contributed by atoms with Gasteiger partial charge in [-0.25, -0.2) is 9.78 Å². The van der Waals surface area contributed by atoms with Crippen molar-refractivity contribution in [1.29, 1.82) is 0 Å². The molecule has 0 bridgehead atoms. The average Bonchev–Trinajstić information content (AvgIpc) is 3.46. The normalized spacial score (nSPS) is 10.9. The predicted molar refractivity (Wildman–Crippen MR) is 102 cm³/mol. The molecule has 7 nitrogen and oxygen atoms in total. The smallest absolute Gasteiger partial charge is 0.357 e. The third-order valence-electron chi connectivity index (χ3n) is 3.66. The van der Waals surface area contributed by atoms with Gasteiger partial charge >= 0.3 is 5.97 Å². The second-order valence-electron chi connectivity index (χ2n) is 5.36. The van der Waals surface area contributed by atoms with E-state index in [1.54, 1.807) is 4.57 Å². The van der Waals surface area contributed by atoms with Crippen LogP contribution in [0.15, 0.2) is 63.6 Å². The van der Waals surface area contributed by atoms with Crippen molar-refractivity contribution in [3.63, 3.8) is 0 Å². The van der Waals surface area contributed by atoms with Crippen LogP contribution in [0.3, 0.4) is 0 Å². The van der Waals surface area contributed by atoms with Crippen molar-refractivity contribution in [3.05, 3.63) is 65.6 Å². The Morgan fingerprint density at radius 3 is 2.81 bits per heavy atom. The lowest BCUT2D eigenvalue weighted by molar-refractivity contribution is 0.0428. The van der Waals surface area contributed by atoms with Gasteiger partial charge in [0.1, 0.15) is 0 Å². The molecular weight excluding hydrogens is 384 g/mol.